The highest BCUT2D eigenvalue weighted by atomic mass is 35.5. The van der Waals surface area contributed by atoms with Crippen molar-refractivity contribution in [2.45, 2.75) is 24.6 Å². The van der Waals surface area contributed by atoms with Gasteiger partial charge >= 0.3 is 0 Å². The van der Waals surface area contributed by atoms with Gasteiger partial charge in [-0.2, -0.15) is 17.0 Å². The first kappa shape index (κ1) is 24.4. The van der Waals surface area contributed by atoms with Gasteiger partial charge in [0.25, 0.3) is 0 Å². The fourth-order valence-electron chi connectivity index (χ4n) is 3.56. The number of hydrogen-bond donors (Lipinski definition) is 2. The highest BCUT2D eigenvalue weighted by Crippen LogP contribution is 2.27. The molecule has 0 radical (unpaired) electrons. The van der Waals surface area contributed by atoms with Crippen molar-refractivity contribution < 1.29 is 9.59 Å². The van der Waals surface area contributed by atoms with Gasteiger partial charge in [0.1, 0.15) is 0 Å². The molecule has 3 rings (SSSR count). The SMILES string of the molecule is N#Cc1ccccc1CSCCNC(=O)CN1CCC[C@H]1C(=O)Nc1ccc(Cl)cc1Cl. The summed E-state index contributed by atoms with van der Waals surface area (Å²) in [5, 5.41) is 15.8. The molecule has 2 amide bonds. The van der Waals surface area contributed by atoms with Crippen LogP contribution in [0.5, 0.6) is 0 Å². The molecule has 1 saturated heterocycles. The smallest absolute Gasteiger partial charge is 0.241 e. The van der Waals surface area contributed by atoms with Gasteiger partial charge in [-0.25, -0.2) is 0 Å². The molecule has 2 aromatic carbocycles. The third-order valence-corrected chi connectivity index (χ3v) is 6.72. The molecule has 1 aliphatic rings. The van der Waals surface area contributed by atoms with Crippen LogP contribution in [0, 0.1) is 11.3 Å². The van der Waals surface area contributed by atoms with Crippen molar-refractivity contribution in [3.63, 3.8) is 0 Å². The Kier molecular flexibility index (Phi) is 9.24. The zero-order chi connectivity index (χ0) is 22.9. The predicted octanol–water partition coefficient (Wildman–Crippen LogP) is 4.32. The molecule has 1 aliphatic heterocycles. The number of rotatable bonds is 9. The van der Waals surface area contributed by atoms with E-state index in [1.165, 1.54) is 0 Å². The first-order chi connectivity index (χ1) is 15.5. The first-order valence-corrected chi connectivity index (χ1v) is 12.2. The molecule has 0 spiro atoms. The van der Waals surface area contributed by atoms with E-state index in [9.17, 15) is 9.59 Å². The molecule has 0 bridgehead atoms. The van der Waals surface area contributed by atoms with E-state index < -0.39 is 0 Å². The maximum Gasteiger partial charge on any atom is 0.241 e. The molecular weight excluding hydrogens is 467 g/mol. The number of likely N-dealkylation sites (tertiary alicyclic amines) is 1. The second-order valence-corrected chi connectivity index (χ2v) is 9.36. The minimum absolute atomic E-state index is 0.104. The quantitative estimate of drug-likeness (QED) is 0.511. The molecule has 6 nitrogen and oxygen atoms in total. The summed E-state index contributed by atoms with van der Waals surface area (Å²) in [5.41, 5.74) is 2.19. The van der Waals surface area contributed by atoms with Gasteiger partial charge in [-0.15, -0.1) is 0 Å². The van der Waals surface area contributed by atoms with Gasteiger partial charge in [-0.1, -0.05) is 41.4 Å². The molecule has 0 aromatic heterocycles. The Balaban J connectivity index is 1.41. The van der Waals surface area contributed by atoms with E-state index in [2.05, 4.69) is 16.7 Å². The van der Waals surface area contributed by atoms with Crippen LogP contribution in [0.25, 0.3) is 0 Å². The van der Waals surface area contributed by atoms with E-state index in [1.807, 2.05) is 23.1 Å². The van der Waals surface area contributed by atoms with E-state index in [1.54, 1.807) is 36.0 Å². The van der Waals surface area contributed by atoms with E-state index >= 15 is 0 Å². The van der Waals surface area contributed by atoms with Crippen molar-refractivity contribution >= 4 is 52.5 Å². The van der Waals surface area contributed by atoms with Crippen LogP contribution in [-0.2, 0) is 15.3 Å². The van der Waals surface area contributed by atoms with Crippen LogP contribution in [0.15, 0.2) is 42.5 Å². The summed E-state index contributed by atoms with van der Waals surface area (Å²) >= 11 is 13.7. The van der Waals surface area contributed by atoms with E-state index in [0.29, 0.717) is 40.8 Å². The summed E-state index contributed by atoms with van der Waals surface area (Å²) in [7, 11) is 0. The van der Waals surface area contributed by atoms with Crippen molar-refractivity contribution in [3.8, 4) is 6.07 Å². The molecule has 1 atom stereocenters. The molecule has 32 heavy (non-hydrogen) atoms. The standard InChI is InChI=1S/C23H24Cl2N4O2S/c24-18-7-8-20(19(25)12-18)28-23(31)21-6-3-10-29(21)14-22(30)27-9-11-32-15-17-5-2-1-4-16(17)13-26/h1-2,4-5,7-8,12,21H,3,6,9-11,14-15H2,(H,27,30)(H,28,31)/t21-/m0/s1. The molecule has 2 aromatic rings. The van der Waals surface area contributed by atoms with Gasteiger partial charge in [0.15, 0.2) is 0 Å². The Morgan fingerprint density at radius 3 is 2.81 bits per heavy atom. The maximum absolute atomic E-state index is 12.7. The average Bonchev–Trinajstić information content (AvgIpc) is 3.24. The molecule has 1 heterocycles. The van der Waals surface area contributed by atoms with Crippen molar-refractivity contribution in [1.82, 2.24) is 10.2 Å². The van der Waals surface area contributed by atoms with E-state index in [4.69, 9.17) is 28.5 Å². The average molecular weight is 491 g/mol. The highest BCUT2D eigenvalue weighted by molar-refractivity contribution is 7.98. The largest absolute Gasteiger partial charge is 0.354 e. The summed E-state index contributed by atoms with van der Waals surface area (Å²) < 4.78 is 0. The van der Waals surface area contributed by atoms with Crippen molar-refractivity contribution in [2.24, 2.45) is 0 Å². The van der Waals surface area contributed by atoms with Gasteiger partial charge in [-0.3, -0.25) is 14.5 Å². The molecule has 0 aliphatic carbocycles. The monoisotopic (exact) mass is 490 g/mol. The van der Waals surface area contributed by atoms with Gasteiger partial charge in [0.2, 0.25) is 11.8 Å². The lowest BCUT2D eigenvalue weighted by atomic mass is 10.1. The lowest BCUT2D eigenvalue weighted by Gasteiger charge is -2.23. The topological polar surface area (TPSA) is 85.2 Å². The van der Waals surface area contributed by atoms with Crippen molar-refractivity contribution in [3.05, 3.63) is 63.6 Å². The number of benzene rings is 2. The third kappa shape index (κ3) is 6.88. The maximum atomic E-state index is 12.7. The van der Waals surface area contributed by atoms with Crippen LogP contribution in [0.2, 0.25) is 10.0 Å². The Bertz CT molecular complexity index is 1010. The first-order valence-electron chi connectivity index (χ1n) is 10.3. The fraction of sp³-hybridized carbons (Fsp3) is 0.348. The van der Waals surface area contributed by atoms with Gasteiger partial charge in [0, 0.05) is 23.1 Å². The lowest BCUT2D eigenvalue weighted by molar-refractivity contribution is -0.124. The molecule has 1 fully saturated rings. The second-order valence-electron chi connectivity index (χ2n) is 7.41. The summed E-state index contributed by atoms with van der Waals surface area (Å²) in [6.07, 6.45) is 1.55. The van der Waals surface area contributed by atoms with Crippen LogP contribution in [0.4, 0.5) is 5.69 Å². The molecule has 9 heteroatoms. The number of carbonyl (C=O) groups is 2. The molecule has 168 valence electrons. The molecule has 0 unspecified atom stereocenters. The predicted molar refractivity (Wildman–Crippen MR) is 130 cm³/mol. The fourth-order valence-corrected chi connectivity index (χ4v) is 4.88. The van der Waals surface area contributed by atoms with E-state index in [-0.39, 0.29) is 24.4 Å². The zero-order valence-electron chi connectivity index (χ0n) is 17.4. The van der Waals surface area contributed by atoms with Gasteiger partial charge in [0.05, 0.1) is 34.9 Å². The molecule has 2 N–H and O–H groups in total. The zero-order valence-corrected chi connectivity index (χ0v) is 19.8. The van der Waals surface area contributed by atoms with Gasteiger partial charge < -0.3 is 10.6 Å². The Labute approximate surface area is 202 Å². The molecule has 0 saturated carbocycles. The van der Waals surface area contributed by atoms with Crippen LogP contribution >= 0.6 is 35.0 Å². The van der Waals surface area contributed by atoms with Crippen LogP contribution < -0.4 is 10.6 Å². The number of halogens is 2. The third-order valence-electron chi connectivity index (χ3n) is 5.17. The van der Waals surface area contributed by atoms with Crippen LogP contribution in [0.3, 0.4) is 0 Å². The lowest BCUT2D eigenvalue weighted by Crippen LogP contribution is -2.45. The van der Waals surface area contributed by atoms with Crippen molar-refractivity contribution in [1.29, 1.82) is 5.26 Å². The summed E-state index contributed by atoms with van der Waals surface area (Å²) in [6.45, 7) is 1.40. The summed E-state index contributed by atoms with van der Waals surface area (Å²) in [4.78, 5) is 27.0. The highest BCUT2D eigenvalue weighted by Gasteiger charge is 2.32. The number of anilines is 1. The Hall–Kier alpha value is -2.24. The van der Waals surface area contributed by atoms with E-state index in [0.717, 1.165) is 23.5 Å². The summed E-state index contributed by atoms with van der Waals surface area (Å²) in [5.74, 6) is 1.18. The molecular formula is C23H24Cl2N4O2S. The number of nitriles is 1. The minimum atomic E-state index is -0.371. The van der Waals surface area contributed by atoms with Crippen LogP contribution in [-0.4, -0.2) is 48.1 Å². The number of amides is 2. The number of hydrogen-bond acceptors (Lipinski definition) is 5. The number of nitrogens with zero attached hydrogens (tertiary/aromatic N) is 2. The normalized spacial score (nSPS) is 15.8. The minimum Gasteiger partial charge on any atom is -0.354 e. The Morgan fingerprint density at radius 2 is 2.03 bits per heavy atom. The Morgan fingerprint density at radius 1 is 1.22 bits per heavy atom. The second kappa shape index (κ2) is 12.1. The number of carbonyl (C=O) groups excluding carboxylic acids is 2. The number of nitrogens with one attached hydrogen (secondary N) is 2. The summed E-state index contributed by atoms with van der Waals surface area (Å²) in [6, 6.07) is 14.3. The van der Waals surface area contributed by atoms with Gasteiger partial charge in [-0.05, 0) is 49.2 Å². The van der Waals surface area contributed by atoms with Crippen molar-refractivity contribution in [2.75, 3.05) is 30.7 Å². The van der Waals surface area contributed by atoms with Crippen LogP contribution in [0.1, 0.15) is 24.0 Å². The number of thioether (sulfide) groups is 1.